The number of aromatic nitrogens is 4. The van der Waals surface area contributed by atoms with Crippen LogP contribution >= 0.6 is 0 Å². The maximum atomic E-state index is 14.8. The van der Waals surface area contributed by atoms with Gasteiger partial charge < -0.3 is 19.7 Å². The second-order valence-electron chi connectivity index (χ2n) is 14.0. The lowest BCUT2D eigenvalue weighted by molar-refractivity contribution is -0.141. The highest BCUT2D eigenvalue weighted by atomic mass is 19.4. The van der Waals surface area contributed by atoms with Crippen LogP contribution in [0.15, 0.2) is 42.9 Å². The van der Waals surface area contributed by atoms with Crippen molar-refractivity contribution in [2.24, 2.45) is 0 Å². The summed E-state index contributed by atoms with van der Waals surface area (Å²) in [5.74, 6) is 0.117. The molecule has 1 N–H and O–H groups in total. The minimum atomic E-state index is -4.82. The van der Waals surface area contributed by atoms with Crippen molar-refractivity contribution in [1.29, 1.82) is 0 Å². The number of carbonyl (C=O) groups is 2. The maximum absolute atomic E-state index is 14.8. The van der Waals surface area contributed by atoms with E-state index >= 15 is 0 Å². The predicted octanol–water partition coefficient (Wildman–Crippen LogP) is 7.74. The Bertz CT molecular complexity index is 1760. The van der Waals surface area contributed by atoms with Crippen molar-refractivity contribution >= 4 is 34.6 Å². The summed E-state index contributed by atoms with van der Waals surface area (Å²) in [6, 6.07) is 6.30. The van der Waals surface area contributed by atoms with Gasteiger partial charge in [-0.2, -0.15) is 13.2 Å². The molecule has 1 aliphatic rings. The number of nitrogens with one attached hydrogen (secondary N) is 1. The summed E-state index contributed by atoms with van der Waals surface area (Å²) in [5, 5.41) is 3.67. The number of imidazole rings is 1. The van der Waals surface area contributed by atoms with Crippen molar-refractivity contribution in [1.82, 2.24) is 23.8 Å². The monoisotopic (exact) mass is 628 g/mol. The molecule has 5 rings (SSSR count). The molecule has 1 aromatic carbocycles. The van der Waals surface area contributed by atoms with Gasteiger partial charge in [0.2, 0.25) is 0 Å². The van der Waals surface area contributed by atoms with E-state index in [-0.39, 0.29) is 35.3 Å². The summed E-state index contributed by atoms with van der Waals surface area (Å²) in [4.78, 5) is 36.7. The molecule has 4 aromatic rings. The zero-order chi connectivity index (χ0) is 33.1. The Morgan fingerprint density at radius 2 is 1.64 bits per heavy atom. The molecule has 242 valence electrons. The lowest BCUT2D eigenvalue weighted by Gasteiger charge is -2.45. The molecule has 1 amide bonds. The van der Waals surface area contributed by atoms with E-state index in [0.717, 1.165) is 4.40 Å². The van der Waals surface area contributed by atoms with E-state index in [4.69, 9.17) is 9.47 Å². The van der Waals surface area contributed by atoms with E-state index in [1.807, 2.05) is 13.8 Å². The standard InChI is InChI=1S/C32H39F3N6O4/c1-29(2,3)44-27(42)40-18-21(20-11-9-10-12-22(20)40)23-24(32(33,34)35)39-16-15-36-26(39)25(38-23)37-19-13-14-31(7,8)41(17-19)28(43)45-30(4,5)6/h9-12,15-16,18-19H,13-14,17H2,1-8H3,(H,37,38)/t19-/m0/s1. The number of benzene rings is 1. The topological polar surface area (TPSA) is 103 Å². The third-order valence-corrected chi connectivity index (χ3v) is 7.56. The Labute approximate surface area is 259 Å². The van der Waals surface area contributed by atoms with E-state index in [0.29, 0.717) is 23.7 Å². The fourth-order valence-corrected chi connectivity index (χ4v) is 5.54. The van der Waals surface area contributed by atoms with E-state index < -0.39 is 40.8 Å². The molecule has 0 aliphatic carbocycles. The molecule has 0 saturated carbocycles. The summed E-state index contributed by atoms with van der Waals surface area (Å²) in [6.45, 7) is 14.7. The molecule has 1 fully saturated rings. The second kappa shape index (κ2) is 11.0. The number of carbonyl (C=O) groups excluding carboxylic acids is 2. The van der Waals surface area contributed by atoms with Crippen LogP contribution in [0.25, 0.3) is 27.8 Å². The number of ether oxygens (including phenoxy) is 2. The van der Waals surface area contributed by atoms with Crippen LogP contribution in [0.1, 0.15) is 73.9 Å². The molecular formula is C32H39F3N6O4. The largest absolute Gasteiger partial charge is 0.444 e. The lowest BCUT2D eigenvalue weighted by atomic mass is 9.88. The number of para-hydroxylation sites is 1. The lowest BCUT2D eigenvalue weighted by Crippen LogP contribution is -2.57. The number of amides is 1. The third-order valence-electron chi connectivity index (χ3n) is 7.56. The van der Waals surface area contributed by atoms with Gasteiger partial charge in [-0.3, -0.25) is 8.97 Å². The number of likely N-dealkylation sites (tertiary alicyclic amines) is 1. The van der Waals surface area contributed by atoms with Gasteiger partial charge in [0.05, 0.1) is 5.52 Å². The molecule has 0 radical (unpaired) electrons. The Morgan fingerprint density at radius 3 is 2.29 bits per heavy atom. The molecule has 10 nitrogen and oxygen atoms in total. The number of hydrogen-bond donors (Lipinski definition) is 1. The van der Waals surface area contributed by atoms with Crippen LogP contribution in [0.4, 0.5) is 28.6 Å². The molecule has 0 spiro atoms. The highest BCUT2D eigenvalue weighted by Crippen LogP contribution is 2.41. The van der Waals surface area contributed by atoms with Crippen molar-refractivity contribution in [3.63, 3.8) is 0 Å². The third kappa shape index (κ3) is 6.57. The first kappa shape index (κ1) is 32.1. The second-order valence-corrected chi connectivity index (χ2v) is 14.0. The molecule has 0 unspecified atom stereocenters. The van der Waals surface area contributed by atoms with Gasteiger partial charge in [-0.15, -0.1) is 0 Å². The van der Waals surface area contributed by atoms with Crippen molar-refractivity contribution in [3.05, 3.63) is 48.5 Å². The fourth-order valence-electron chi connectivity index (χ4n) is 5.54. The first-order chi connectivity index (χ1) is 20.7. The Balaban J connectivity index is 1.63. The maximum Gasteiger partial charge on any atom is 0.433 e. The van der Waals surface area contributed by atoms with Crippen LogP contribution in [-0.2, 0) is 15.7 Å². The van der Waals surface area contributed by atoms with Gasteiger partial charge >= 0.3 is 18.4 Å². The number of anilines is 1. The zero-order valence-electron chi connectivity index (χ0n) is 26.7. The summed E-state index contributed by atoms with van der Waals surface area (Å²) in [7, 11) is 0. The predicted molar refractivity (Wildman–Crippen MR) is 164 cm³/mol. The molecule has 0 bridgehead atoms. The summed E-state index contributed by atoms with van der Waals surface area (Å²) in [6.07, 6.45) is -0.942. The van der Waals surface area contributed by atoms with Gasteiger partial charge in [-0.05, 0) is 74.3 Å². The van der Waals surface area contributed by atoms with Gasteiger partial charge in [0.1, 0.15) is 16.9 Å². The summed E-state index contributed by atoms with van der Waals surface area (Å²) >= 11 is 0. The van der Waals surface area contributed by atoms with Crippen molar-refractivity contribution in [2.75, 3.05) is 11.9 Å². The number of alkyl halides is 3. The average Bonchev–Trinajstić information content (AvgIpc) is 3.52. The van der Waals surface area contributed by atoms with Gasteiger partial charge in [-0.25, -0.2) is 19.6 Å². The quantitative estimate of drug-likeness (QED) is 0.248. The van der Waals surface area contributed by atoms with Crippen LogP contribution in [0.2, 0.25) is 0 Å². The van der Waals surface area contributed by atoms with E-state index in [1.165, 1.54) is 23.2 Å². The van der Waals surface area contributed by atoms with Crippen LogP contribution in [0, 0.1) is 0 Å². The molecular weight excluding hydrogens is 589 g/mol. The van der Waals surface area contributed by atoms with Crippen LogP contribution in [0.5, 0.6) is 0 Å². The number of fused-ring (bicyclic) bond motifs is 2. The molecule has 4 heterocycles. The van der Waals surface area contributed by atoms with Crippen LogP contribution in [0.3, 0.4) is 0 Å². The number of nitrogens with zero attached hydrogens (tertiary/aromatic N) is 5. The van der Waals surface area contributed by atoms with Gasteiger partial charge in [0.25, 0.3) is 0 Å². The van der Waals surface area contributed by atoms with Gasteiger partial charge in [0.15, 0.2) is 17.2 Å². The van der Waals surface area contributed by atoms with E-state index in [1.54, 1.807) is 70.7 Å². The Kier molecular flexibility index (Phi) is 7.82. The fraction of sp³-hybridized carbons (Fsp3) is 0.500. The van der Waals surface area contributed by atoms with Crippen LogP contribution in [-0.4, -0.2) is 65.3 Å². The number of hydrogen-bond acceptors (Lipinski definition) is 7. The minimum Gasteiger partial charge on any atom is -0.444 e. The Morgan fingerprint density at radius 1 is 1.00 bits per heavy atom. The highest BCUT2D eigenvalue weighted by molar-refractivity contribution is 6.00. The SMILES string of the molecule is CC(C)(C)OC(=O)N1C[C@@H](Nc2nc(-c3cn(C(=O)OC(C)(C)C)c4ccccc34)c(C(F)(F)F)n3ccnc23)CCC1(C)C. The highest BCUT2D eigenvalue weighted by Gasteiger charge is 2.42. The molecule has 1 aliphatic heterocycles. The van der Waals surface area contributed by atoms with Crippen LogP contribution < -0.4 is 5.32 Å². The van der Waals surface area contributed by atoms with E-state index in [2.05, 4.69) is 15.3 Å². The first-order valence-electron chi connectivity index (χ1n) is 14.8. The van der Waals surface area contributed by atoms with Gasteiger partial charge in [0, 0.05) is 47.7 Å². The average molecular weight is 629 g/mol. The summed E-state index contributed by atoms with van der Waals surface area (Å²) < 4.78 is 57.8. The van der Waals surface area contributed by atoms with E-state index in [9.17, 15) is 22.8 Å². The molecule has 1 saturated heterocycles. The number of halogens is 3. The smallest absolute Gasteiger partial charge is 0.433 e. The Hall–Kier alpha value is -4.29. The minimum absolute atomic E-state index is 0.0180. The molecule has 45 heavy (non-hydrogen) atoms. The summed E-state index contributed by atoms with van der Waals surface area (Å²) in [5.41, 5.74) is -2.98. The van der Waals surface area contributed by atoms with Crippen molar-refractivity contribution in [2.45, 2.75) is 97.2 Å². The van der Waals surface area contributed by atoms with Gasteiger partial charge in [-0.1, -0.05) is 18.2 Å². The molecule has 13 heteroatoms. The molecule has 1 atom stereocenters. The molecule has 3 aromatic heterocycles. The number of rotatable bonds is 3. The normalized spacial score (nSPS) is 17.5. The van der Waals surface area contributed by atoms with Crippen molar-refractivity contribution in [3.8, 4) is 11.3 Å². The first-order valence-corrected chi connectivity index (χ1v) is 14.8. The number of piperidine rings is 1. The zero-order valence-corrected chi connectivity index (χ0v) is 26.7. The van der Waals surface area contributed by atoms with Crippen molar-refractivity contribution < 1.29 is 32.2 Å².